The van der Waals surface area contributed by atoms with Gasteiger partial charge in [0.1, 0.15) is 6.61 Å². The summed E-state index contributed by atoms with van der Waals surface area (Å²) in [4.78, 5) is 0. The molecule has 0 rings (SSSR count). The van der Waals surface area contributed by atoms with Gasteiger partial charge in [0.2, 0.25) is 0 Å². The van der Waals surface area contributed by atoms with E-state index in [0.29, 0.717) is 25.9 Å². The average Bonchev–Trinajstić information content (AvgIpc) is 2.39. The zero-order valence-electron chi connectivity index (χ0n) is 12.6. The molecule has 0 aromatic heterocycles. The number of rotatable bonds is 10. The van der Waals surface area contributed by atoms with Crippen LogP contribution in [0.4, 0.5) is 0 Å². The predicted molar refractivity (Wildman–Crippen MR) is 82.0 cm³/mol. The number of nitrogens with one attached hydrogen (secondary N) is 1. The van der Waals surface area contributed by atoms with Crippen molar-refractivity contribution in [3.05, 3.63) is 0 Å². The molecule has 0 radical (unpaired) electrons. The number of hydrogen-bond acceptors (Lipinski definition) is 3. The largest absolute Gasteiger partial charge is 0.378 e. The van der Waals surface area contributed by atoms with Crippen molar-refractivity contribution in [2.45, 2.75) is 46.1 Å². The molecular formula is C16H29NO2. The van der Waals surface area contributed by atoms with Gasteiger partial charge in [-0.15, -0.1) is 0 Å². The van der Waals surface area contributed by atoms with Crippen LogP contribution in [0.1, 0.15) is 41.5 Å². The first-order valence-electron chi connectivity index (χ1n) is 7.12. The van der Waals surface area contributed by atoms with Crippen LogP contribution in [0.3, 0.4) is 0 Å². The van der Waals surface area contributed by atoms with Gasteiger partial charge in [-0.3, -0.25) is 0 Å². The summed E-state index contributed by atoms with van der Waals surface area (Å²) in [6.07, 6.45) is 3.26. The van der Waals surface area contributed by atoms with Gasteiger partial charge < -0.3 is 14.8 Å². The van der Waals surface area contributed by atoms with Gasteiger partial charge in [-0.25, -0.2) is 0 Å². The Morgan fingerprint density at radius 1 is 1.05 bits per heavy atom. The topological polar surface area (TPSA) is 30.5 Å². The van der Waals surface area contributed by atoms with E-state index in [1.54, 1.807) is 0 Å². The molecule has 0 aromatic rings. The van der Waals surface area contributed by atoms with Crippen LogP contribution in [0, 0.1) is 23.7 Å². The van der Waals surface area contributed by atoms with E-state index < -0.39 is 0 Å². The molecule has 0 aliphatic rings. The highest BCUT2D eigenvalue weighted by Gasteiger charge is 1.91. The summed E-state index contributed by atoms with van der Waals surface area (Å²) in [7, 11) is 0. The molecule has 0 saturated carbocycles. The summed E-state index contributed by atoms with van der Waals surface area (Å²) in [6, 6.07) is 0.508. The fourth-order valence-electron chi connectivity index (χ4n) is 1.22. The summed E-state index contributed by atoms with van der Waals surface area (Å²) in [5.41, 5.74) is 0. The van der Waals surface area contributed by atoms with E-state index in [4.69, 9.17) is 9.47 Å². The van der Waals surface area contributed by atoms with Crippen LogP contribution < -0.4 is 5.32 Å². The lowest BCUT2D eigenvalue weighted by molar-refractivity contribution is 0.0608. The first-order chi connectivity index (χ1) is 9.27. The Bertz CT molecular complexity index is 310. The van der Waals surface area contributed by atoms with Gasteiger partial charge in [-0.1, -0.05) is 39.0 Å². The Balaban J connectivity index is 0. The monoisotopic (exact) mass is 267 g/mol. The maximum atomic E-state index is 5.39. The zero-order valence-corrected chi connectivity index (χ0v) is 12.6. The molecule has 1 N–H and O–H groups in total. The standard InChI is InChI=1S/C16H27NO2.H2/c1-4-5-6-7-8-9-10-12-18-14-15-19-13-11-17-16(2)3;/h16-17H,4-6,11-15H2,1-3H3;1H. The SMILES string of the molecule is CCCCC#CC#CCOCCOCCNC(C)C.[HH]. The van der Waals surface area contributed by atoms with E-state index in [9.17, 15) is 0 Å². The van der Waals surface area contributed by atoms with E-state index in [-0.39, 0.29) is 1.43 Å². The molecule has 19 heavy (non-hydrogen) atoms. The van der Waals surface area contributed by atoms with Crippen molar-refractivity contribution in [2.75, 3.05) is 33.0 Å². The number of hydrogen-bond donors (Lipinski definition) is 1. The molecule has 0 unspecified atom stereocenters. The van der Waals surface area contributed by atoms with Crippen molar-refractivity contribution in [3.63, 3.8) is 0 Å². The first kappa shape index (κ1) is 18.0. The minimum Gasteiger partial charge on any atom is -0.378 e. The third-order valence-electron chi connectivity index (χ3n) is 2.24. The van der Waals surface area contributed by atoms with Crippen LogP contribution in [-0.4, -0.2) is 39.0 Å². The van der Waals surface area contributed by atoms with Crippen molar-refractivity contribution < 1.29 is 10.9 Å². The molecule has 0 spiro atoms. The van der Waals surface area contributed by atoms with Gasteiger partial charge in [0, 0.05) is 20.4 Å². The highest BCUT2D eigenvalue weighted by atomic mass is 16.5. The Morgan fingerprint density at radius 3 is 2.53 bits per heavy atom. The van der Waals surface area contributed by atoms with Gasteiger partial charge in [0.25, 0.3) is 0 Å². The van der Waals surface area contributed by atoms with Gasteiger partial charge in [-0.2, -0.15) is 0 Å². The van der Waals surface area contributed by atoms with Crippen LogP contribution >= 0.6 is 0 Å². The van der Waals surface area contributed by atoms with Crippen molar-refractivity contribution >= 4 is 0 Å². The van der Waals surface area contributed by atoms with Crippen molar-refractivity contribution in [2.24, 2.45) is 0 Å². The summed E-state index contributed by atoms with van der Waals surface area (Å²) in [5.74, 6) is 11.5. The van der Waals surface area contributed by atoms with E-state index in [2.05, 4.69) is 49.8 Å². The smallest absolute Gasteiger partial charge is 0.108 e. The quantitative estimate of drug-likeness (QED) is 0.487. The third kappa shape index (κ3) is 17.0. The second-order valence-corrected chi connectivity index (χ2v) is 4.48. The van der Waals surface area contributed by atoms with E-state index in [1.165, 1.54) is 6.42 Å². The normalized spacial score (nSPS) is 9.68. The van der Waals surface area contributed by atoms with Crippen LogP contribution in [0.15, 0.2) is 0 Å². The molecule has 0 saturated heterocycles. The van der Waals surface area contributed by atoms with Gasteiger partial charge in [0.15, 0.2) is 0 Å². The first-order valence-corrected chi connectivity index (χ1v) is 7.12. The average molecular weight is 267 g/mol. The Labute approximate surface area is 119 Å². The van der Waals surface area contributed by atoms with E-state index in [0.717, 1.165) is 26.0 Å². The molecule has 0 bridgehead atoms. The minimum absolute atomic E-state index is 0. The molecule has 0 fully saturated rings. The molecule has 0 atom stereocenters. The molecule has 0 amide bonds. The van der Waals surface area contributed by atoms with Crippen molar-refractivity contribution in [1.29, 1.82) is 0 Å². The molecule has 0 aromatic carbocycles. The molecule has 3 heteroatoms. The molecule has 0 aliphatic carbocycles. The van der Waals surface area contributed by atoms with E-state index >= 15 is 0 Å². The fourth-order valence-corrected chi connectivity index (χ4v) is 1.22. The van der Waals surface area contributed by atoms with Crippen molar-refractivity contribution in [1.82, 2.24) is 5.32 Å². The van der Waals surface area contributed by atoms with E-state index in [1.807, 2.05) is 0 Å². The Hall–Kier alpha value is -1.00. The Kier molecular flexibility index (Phi) is 14.3. The maximum absolute atomic E-state index is 5.39. The summed E-state index contributed by atoms with van der Waals surface area (Å²) >= 11 is 0. The zero-order chi connectivity index (χ0) is 14.2. The second kappa shape index (κ2) is 15.1. The Morgan fingerprint density at radius 2 is 1.79 bits per heavy atom. The van der Waals surface area contributed by atoms with Gasteiger partial charge in [0.05, 0.1) is 19.8 Å². The predicted octanol–water partition coefficient (Wildman–Crippen LogP) is 2.46. The maximum Gasteiger partial charge on any atom is 0.108 e. The molecule has 3 nitrogen and oxygen atoms in total. The van der Waals surface area contributed by atoms with Crippen LogP contribution in [0.25, 0.3) is 0 Å². The second-order valence-electron chi connectivity index (χ2n) is 4.48. The van der Waals surface area contributed by atoms with Gasteiger partial charge >= 0.3 is 0 Å². The van der Waals surface area contributed by atoms with Crippen LogP contribution in [0.2, 0.25) is 0 Å². The van der Waals surface area contributed by atoms with Crippen LogP contribution in [-0.2, 0) is 9.47 Å². The molecule has 0 aliphatic heterocycles. The summed E-state index contributed by atoms with van der Waals surface area (Å²) < 4.78 is 10.7. The number of unbranched alkanes of at least 4 members (excludes halogenated alkanes) is 2. The fraction of sp³-hybridized carbons (Fsp3) is 0.750. The third-order valence-corrected chi connectivity index (χ3v) is 2.24. The lowest BCUT2D eigenvalue weighted by atomic mass is 10.2. The minimum atomic E-state index is 0. The lowest BCUT2D eigenvalue weighted by Gasteiger charge is -2.08. The highest BCUT2D eigenvalue weighted by Crippen LogP contribution is 1.89. The van der Waals surface area contributed by atoms with Crippen molar-refractivity contribution in [3.8, 4) is 23.7 Å². The summed E-state index contributed by atoms with van der Waals surface area (Å²) in [5, 5.41) is 3.28. The summed E-state index contributed by atoms with van der Waals surface area (Å²) in [6.45, 7) is 9.61. The number of ether oxygens (including phenoxy) is 2. The lowest BCUT2D eigenvalue weighted by Crippen LogP contribution is -2.27. The molecular weight excluding hydrogens is 238 g/mol. The van der Waals surface area contributed by atoms with Crippen LogP contribution in [0.5, 0.6) is 0 Å². The highest BCUT2D eigenvalue weighted by molar-refractivity contribution is 5.25. The molecule has 0 heterocycles. The molecule has 110 valence electrons. The van der Waals surface area contributed by atoms with Gasteiger partial charge in [-0.05, 0) is 18.3 Å².